The van der Waals surface area contributed by atoms with Gasteiger partial charge in [-0.3, -0.25) is 9.59 Å². The fourth-order valence-electron chi connectivity index (χ4n) is 2.53. The lowest BCUT2D eigenvalue weighted by Crippen LogP contribution is -2.46. The molecule has 21 heavy (non-hydrogen) atoms. The number of benzene rings is 1. The van der Waals surface area contributed by atoms with E-state index in [4.69, 9.17) is 16.2 Å². The average Bonchev–Trinajstić information content (AvgIpc) is 2.49. The number of nitrogens with two attached hydrogens (primary N) is 2. The highest BCUT2D eigenvalue weighted by atomic mass is 16.5. The minimum Gasteiger partial charge on any atom is -0.381 e. The van der Waals surface area contributed by atoms with Crippen molar-refractivity contribution in [2.45, 2.75) is 19.3 Å². The number of hydrogen-bond donors (Lipinski definition) is 3. The van der Waals surface area contributed by atoms with Crippen LogP contribution in [0, 0.1) is 5.41 Å². The van der Waals surface area contributed by atoms with Crippen molar-refractivity contribution in [2.75, 3.05) is 25.1 Å². The molecule has 1 aromatic rings. The zero-order valence-corrected chi connectivity index (χ0v) is 11.9. The number of ether oxygens (including phenoxy) is 1. The lowest BCUT2D eigenvalue weighted by molar-refractivity contribution is -0.130. The topological polar surface area (TPSA) is 107 Å². The highest BCUT2D eigenvalue weighted by Crippen LogP contribution is 2.31. The Labute approximate surface area is 123 Å². The van der Waals surface area contributed by atoms with Gasteiger partial charge in [0.2, 0.25) is 11.8 Å². The Bertz CT molecular complexity index is 525. The van der Waals surface area contributed by atoms with E-state index in [0.29, 0.717) is 37.3 Å². The molecule has 0 radical (unpaired) electrons. The second kappa shape index (κ2) is 6.69. The van der Waals surface area contributed by atoms with E-state index in [1.165, 1.54) is 0 Å². The van der Waals surface area contributed by atoms with Gasteiger partial charge in [0.15, 0.2) is 0 Å². The van der Waals surface area contributed by atoms with Crippen molar-refractivity contribution in [3.63, 3.8) is 0 Å². The van der Waals surface area contributed by atoms with E-state index in [1.807, 2.05) is 0 Å². The maximum atomic E-state index is 12.6. The van der Waals surface area contributed by atoms with E-state index in [1.54, 1.807) is 24.3 Å². The Balaban J connectivity index is 2.17. The summed E-state index contributed by atoms with van der Waals surface area (Å²) in [6.07, 6.45) is 1.30. The smallest absolute Gasteiger partial charge is 0.232 e. The number of anilines is 1. The minimum atomic E-state index is -0.599. The molecule has 6 nitrogen and oxygen atoms in total. The van der Waals surface area contributed by atoms with Crippen molar-refractivity contribution >= 4 is 17.5 Å². The molecule has 1 fully saturated rings. The van der Waals surface area contributed by atoms with Crippen LogP contribution in [-0.4, -0.2) is 31.6 Å². The van der Waals surface area contributed by atoms with Crippen LogP contribution in [-0.2, 0) is 20.7 Å². The molecule has 1 aliphatic heterocycles. The van der Waals surface area contributed by atoms with Gasteiger partial charge in [0.25, 0.3) is 0 Å². The number of nitrogens with one attached hydrogen (secondary N) is 1. The minimum absolute atomic E-state index is 0.0924. The van der Waals surface area contributed by atoms with Crippen LogP contribution in [0.15, 0.2) is 24.3 Å². The normalized spacial score (nSPS) is 17.2. The Morgan fingerprint density at radius 3 is 2.52 bits per heavy atom. The molecule has 2 rings (SSSR count). The Morgan fingerprint density at radius 1 is 1.24 bits per heavy atom. The molecule has 5 N–H and O–H groups in total. The third kappa shape index (κ3) is 3.59. The van der Waals surface area contributed by atoms with Crippen LogP contribution >= 0.6 is 0 Å². The third-order valence-corrected chi connectivity index (χ3v) is 3.95. The number of carbonyl (C=O) groups excluding carboxylic acids is 2. The number of hydrogen-bond acceptors (Lipinski definition) is 4. The molecule has 0 spiro atoms. The van der Waals surface area contributed by atoms with E-state index >= 15 is 0 Å². The van der Waals surface area contributed by atoms with Crippen LogP contribution in [0.4, 0.5) is 5.69 Å². The third-order valence-electron chi connectivity index (χ3n) is 3.95. The second-order valence-corrected chi connectivity index (χ2v) is 5.35. The quantitative estimate of drug-likeness (QED) is 0.730. The maximum absolute atomic E-state index is 12.6. The van der Waals surface area contributed by atoms with Crippen LogP contribution in [0.5, 0.6) is 0 Å². The summed E-state index contributed by atoms with van der Waals surface area (Å²) < 4.78 is 5.31. The summed E-state index contributed by atoms with van der Waals surface area (Å²) in [5.41, 5.74) is 11.8. The van der Waals surface area contributed by atoms with E-state index in [-0.39, 0.29) is 18.9 Å². The Hall–Kier alpha value is -1.92. The molecule has 1 saturated heterocycles. The number of para-hydroxylation sites is 1. The maximum Gasteiger partial charge on any atom is 0.232 e. The Kier molecular flexibility index (Phi) is 4.93. The number of primary amides is 1. The fourth-order valence-corrected chi connectivity index (χ4v) is 2.53. The van der Waals surface area contributed by atoms with Gasteiger partial charge in [0, 0.05) is 25.4 Å². The Morgan fingerprint density at radius 2 is 1.90 bits per heavy atom. The lowest BCUT2D eigenvalue weighted by atomic mass is 9.79. The summed E-state index contributed by atoms with van der Waals surface area (Å²) in [6, 6.07) is 7.15. The molecule has 1 heterocycles. The van der Waals surface area contributed by atoms with Crippen LogP contribution in [0.1, 0.15) is 18.4 Å². The van der Waals surface area contributed by atoms with E-state index in [9.17, 15) is 9.59 Å². The number of rotatable bonds is 5. The van der Waals surface area contributed by atoms with Gasteiger partial charge in [0.05, 0.1) is 11.8 Å². The summed E-state index contributed by atoms with van der Waals surface area (Å²) >= 11 is 0. The van der Waals surface area contributed by atoms with Gasteiger partial charge in [-0.25, -0.2) is 0 Å². The summed E-state index contributed by atoms with van der Waals surface area (Å²) in [5.74, 6) is -0.554. The molecule has 0 unspecified atom stereocenters. The molecule has 6 heteroatoms. The van der Waals surface area contributed by atoms with E-state index in [2.05, 4.69) is 5.32 Å². The molecular weight excluding hydrogens is 270 g/mol. The molecule has 114 valence electrons. The van der Waals surface area contributed by atoms with Crippen LogP contribution in [0.2, 0.25) is 0 Å². The van der Waals surface area contributed by atoms with Gasteiger partial charge in [-0.15, -0.1) is 0 Å². The van der Waals surface area contributed by atoms with Crippen LogP contribution < -0.4 is 16.8 Å². The van der Waals surface area contributed by atoms with Crippen molar-refractivity contribution in [1.82, 2.24) is 0 Å². The summed E-state index contributed by atoms with van der Waals surface area (Å²) in [4.78, 5) is 23.7. The van der Waals surface area contributed by atoms with Crippen LogP contribution in [0.25, 0.3) is 0 Å². The monoisotopic (exact) mass is 291 g/mol. The number of carbonyl (C=O) groups is 2. The highest BCUT2D eigenvalue weighted by molar-refractivity contribution is 5.96. The molecule has 0 atom stereocenters. The lowest BCUT2D eigenvalue weighted by Gasteiger charge is -2.34. The van der Waals surface area contributed by atoms with Crippen molar-refractivity contribution in [3.8, 4) is 0 Å². The fraction of sp³-hybridized carbons (Fsp3) is 0.467. The first-order chi connectivity index (χ1) is 10.1. The van der Waals surface area contributed by atoms with Gasteiger partial charge in [-0.05, 0) is 24.5 Å². The first kappa shape index (κ1) is 15.5. The molecule has 2 amide bonds. The first-order valence-electron chi connectivity index (χ1n) is 7.03. The zero-order valence-electron chi connectivity index (χ0n) is 11.9. The number of amides is 2. The van der Waals surface area contributed by atoms with Crippen molar-refractivity contribution < 1.29 is 14.3 Å². The van der Waals surface area contributed by atoms with Crippen molar-refractivity contribution in [2.24, 2.45) is 16.9 Å². The van der Waals surface area contributed by atoms with Crippen molar-refractivity contribution in [1.29, 1.82) is 0 Å². The molecule has 1 aliphatic rings. The summed E-state index contributed by atoms with van der Waals surface area (Å²) in [5, 5.41) is 2.90. The first-order valence-corrected chi connectivity index (χ1v) is 7.03. The molecule has 1 aromatic carbocycles. The zero-order chi connectivity index (χ0) is 15.3. The SMILES string of the molecule is NCC1(C(=O)Nc2ccccc2CC(N)=O)CCOCC1. The van der Waals surface area contributed by atoms with Gasteiger partial charge < -0.3 is 21.5 Å². The summed E-state index contributed by atoms with van der Waals surface area (Å²) in [7, 11) is 0. The van der Waals surface area contributed by atoms with Crippen LogP contribution in [0.3, 0.4) is 0 Å². The molecular formula is C15H21N3O3. The second-order valence-electron chi connectivity index (χ2n) is 5.35. The predicted molar refractivity (Wildman–Crippen MR) is 79.5 cm³/mol. The molecule has 0 aliphatic carbocycles. The van der Waals surface area contributed by atoms with E-state index < -0.39 is 11.3 Å². The predicted octanol–water partition coefficient (Wildman–Crippen LogP) is 0.408. The molecule has 0 saturated carbocycles. The van der Waals surface area contributed by atoms with Crippen molar-refractivity contribution in [3.05, 3.63) is 29.8 Å². The molecule has 0 bridgehead atoms. The average molecular weight is 291 g/mol. The standard InChI is InChI=1S/C15H21N3O3/c16-10-15(5-7-21-8-6-15)14(20)18-12-4-2-1-3-11(12)9-13(17)19/h1-4H,5-10,16H2,(H2,17,19)(H,18,20). The molecule has 0 aromatic heterocycles. The highest BCUT2D eigenvalue weighted by Gasteiger charge is 2.38. The summed E-state index contributed by atoms with van der Waals surface area (Å²) in [6.45, 7) is 1.35. The van der Waals surface area contributed by atoms with Gasteiger partial charge in [-0.1, -0.05) is 18.2 Å². The van der Waals surface area contributed by atoms with Gasteiger partial charge in [-0.2, -0.15) is 0 Å². The van der Waals surface area contributed by atoms with E-state index in [0.717, 1.165) is 0 Å². The largest absolute Gasteiger partial charge is 0.381 e. The van der Waals surface area contributed by atoms with Gasteiger partial charge >= 0.3 is 0 Å². The van der Waals surface area contributed by atoms with Gasteiger partial charge in [0.1, 0.15) is 0 Å².